The van der Waals surface area contributed by atoms with Gasteiger partial charge in [-0.25, -0.2) is 34.4 Å². The summed E-state index contributed by atoms with van der Waals surface area (Å²) >= 11 is 0. The Hall–Kier alpha value is -3.82. The Labute approximate surface area is 378 Å². The van der Waals surface area contributed by atoms with Gasteiger partial charge >= 0.3 is 0 Å². The SMILES string of the molecule is CCN(CCCCCCC(F)F)CCC[C@H](O)c1ccc(NS(C)(=O)=O)cc1.CCN(CCCCCCC(F)F)CCC[C@H](O)c1ccc(NS(C)(=O)=O)cc1.O=C([O-])/C=C/C(=O)[O-]. The van der Waals surface area contributed by atoms with Crippen LogP contribution in [0.25, 0.3) is 0 Å². The molecule has 64 heavy (non-hydrogen) atoms. The normalized spacial score (nSPS) is 12.8. The van der Waals surface area contributed by atoms with E-state index < -0.39 is 57.0 Å². The summed E-state index contributed by atoms with van der Waals surface area (Å²) in [6.07, 6.45) is 7.22. The fourth-order valence-corrected chi connectivity index (χ4v) is 7.42. The molecule has 0 fully saturated rings. The van der Waals surface area contributed by atoms with Gasteiger partial charge in [-0.3, -0.25) is 9.44 Å². The van der Waals surface area contributed by atoms with Crippen molar-refractivity contribution in [1.29, 1.82) is 0 Å². The first kappa shape index (κ1) is 60.2. The molecule has 0 bridgehead atoms. The number of unbranched alkanes of at least 4 members (excludes halogenated alkanes) is 6. The van der Waals surface area contributed by atoms with E-state index in [-0.39, 0.29) is 12.8 Å². The number of nitrogens with zero attached hydrogens (tertiary/aromatic N) is 2. The lowest BCUT2D eigenvalue weighted by Crippen LogP contribution is -2.26. The van der Waals surface area contributed by atoms with E-state index >= 15 is 0 Å². The maximum Gasteiger partial charge on any atom is 0.238 e. The molecule has 0 aliphatic rings. The molecule has 0 unspecified atom stereocenters. The zero-order valence-electron chi connectivity index (χ0n) is 37.6. The van der Waals surface area contributed by atoms with E-state index in [0.717, 1.165) is 114 Å². The Morgan fingerprint density at radius 2 is 0.844 bits per heavy atom. The van der Waals surface area contributed by atoms with Crippen molar-refractivity contribution in [3.8, 4) is 0 Å². The smallest absolute Gasteiger partial charge is 0.238 e. The fraction of sp³-hybridized carbons (Fsp3) is 0.636. The molecule has 2 atom stereocenters. The van der Waals surface area contributed by atoms with Gasteiger partial charge in [0.2, 0.25) is 32.9 Å². The number of benzene rings is 2. The highest BCUT2D eigenvalue weighted by Crippen LogP contribution is 2.23. The summed E-state index contributed by atoms with van der Waals surface area (Å²) in [5.41, 5.74) is 2.48. The van der Waals surface area contributed by atoms with Crippen molar-refractivity contribution in [2.24, 2.45) is 0 Å². The standard InChI is InChI=1S/2C20H34F2N2O3S.C4H4O4/c2*1-3-24(15-7-5-4-6-10-20(21)22)16-8-9-19(25)17-11-13-18(14-12-17)23-28(2,26)27;5-3(6)1-2-4(7)8/h2*11-14,19-20,23,25H,3-10,15-16H2,1-2H3;1-2H,(H,5,6)(H,7,8)/p-2/b;;2-1+/t2*19-;/m00./s1. The molecule has 4 N–H and O–H groups in total. The molecule has 0 amide bonds. The van der Waals surface area contributed by atoms with Crippen LogP contribution in [-0.2, 0) is 29.6 Å². The molecule has 2 rings (SSSR count). The summed E-state index contributed by atoms with van der Waals surface area (Å²) < 4.78 is 98.0. The first-order chi connectivity index (χ1) is 30.0. The van der Waals surface area contributed by atoms with Crippen LogP contribution in [0.3, 0.4) is 0 Å². The highest BCUT2D eigenvalue weighted by Gasteiger charge is 2.12. The quantitative estimate of drug-likeness (QED) is 0.0385. The minimum absolute atomic E-state index is 0.000674. The Bertz CT molecular complexity index is 1660. The number of alkyl halides is 4. The maximum absolute atomic E-state index is 12.1. The van der Waals surface area contributed by atoms with E-state index in [4.69, 9.17) is 0 Å². The Balaban J connectivity index is 0.00000106. The van der Waals surface area contributed by atoms with E-state index in [1.165, 1.54) is 0 Å². The number of nitrogens with one attached hydrogen (secondary N) is 2. The number of carbonyl (C=O) groups is 2. The summed E-state index contributed by atoms with van der Waals surface area (Å²) in [6, 6.07) is 13.5. The number of carboxylic acid groups (broad SMARTS) is 2. The topological polar surface area (TPSA) is 220 Å². The highest BCUT2D eigenvalue weighted by atomic mass is 32.2. The van der Waals surface area contributed by atoms with Crippen LogP contribution in [0.5, 0.6) is 0 Å². The number of aliphatic hydroxyl groups is 2. The van der Waals surface area contributed by atoms with Gasteiger partial charge < -0.3 is 39.8 Å². The molecule has 14 nitrogen and oxygen atoms in total. The lowest BCUT2D eigenvalue weighted by atomic mass is 10.0. The van der Waals surface area contributed by atoms with Gasteiger partial charge in [0.1, 0.15) is 0 Å². The lowest BCUT2D eigenvalue weighted by molar-refractivity contribution is -0.301. The van der Waals surface area contributed by atoms with Gasteiger partial charge in [0.25, 0.3) is 0 Å². The van der Waals surface area contributed by atoms with Crippen LogP contribution in [-0.4, -0.2) is 113 Å². The summed E-state index contributed by atoms with van der Waals surface area (Å²) in [5.74, 6) is -3.09. The average Bonchev–Trinajstić information content (AvgIpc) is 3.20. The zero-order chi connectivity index (χ0) is 48.6. The average molecular weight is 955 g/mol. The van der Waals surface area contributed by atoms with Crippen molar-refractivity contribution in [2.45, 2.75) is 129 Å². The molecule has 0 saturated heterocycles. The van der Waals surface area contributed by atoms with Crippen LogP contribution < -0.4 is 19.7 Å². The van der Waals surface area contributed by atoms with Crippen molar-refractivity contribution in [2.75, 3.05) is 61.2 Å². The van der Waals surface area contributed by atoms with Gasteiger partial charge in [-0.05, 0) is 138 Å². The predicted octanol–water partition coefficient (Wildman–Crippen LogP) is 5.86. The summed E-state index contributed by atoms with van der Waals surface area (Å²) in [7, 11) is -6.61. The van der Waals surface area contributed by atoms with Crippen molar-refractivity contribution < 1.29 is 64.4 Å². The molecule has 0 aliphatic heterocycles. The first-order valence-electron chi connectivity index (χ1n) is 21.7. The van der Waals surface area contributed by atoms with E-state index in [9.17, 15) is 64.4 Å². The predicted molar refractivity (Wildman–Crippen MR) is 240 cm³/mol. The molecule has 0 aliphatic carbocycles. The molecule has 2 aromatic carbocycles. The van der Waals surface area contributed by atoms with Crippen LogP contribution in [0.4, 0.5) is 28.9 Å². The van der Waals surface area contributed by atoms with Crippen LogP contribution in [0.15, 0.2) is 60.7 Å². The number of hydrogen-bond acceptors (Lipinski definition) is 12. The second-order valence-electron chi connectivity index (χ2n) is 15.3. The first-order valence-corrected chi connectivity index (χ1v) is 25.5. The molecular weight excluding hydrogens is 885 g/mol. The number of sulfonamides is 2. The van der Waals surface area contributed by atoms with Crippen LogP contribution in [0.1, 0.15) is 127 Å². The molecule has 0 spiro atoms. The number of anilines is 2. The van der Waals surface area contributed by atoms with Crippen molar-refractivity contribution in [3.63, 3.8) is 0 Å². The number of carboxylic acids is 2. The maximum atomic E-state index is 12.1. The van der Waals surface area contributed by atoms with Crippen molar-refractivity contribution in [1.82, 2.24) is 9.80 Å². The number of halogens is 4. The number of rotatable bonds is 32. The van der Waals surface area contributed by atoms with Gasteiger partial charge in [-0.1, -0.05) is 63.8 Å². The molecular formula is C44H70F4N4O10S2-2. The monoisotopic (exact) mass is 954 g/mol. The summed E-state index contributed by atoms with van der Waals surface area (Å²) in [4.78, 5) is 23.5. The van der Waals surface area contributed by atoms with Gasteiger partial charge in [-0.2, -0.15) is 0 Å². The number of carbonyl (C=O) groups excluding carboxylic acids is 2. The Morgan fingerprint density at radius 1 is 0.547 bits per heavy atom. The minimum atomic E-state index is -3.31. The number of aliphatic hydroxyl groups excluding tert-OH is 2. The molecule has 2 aromatic rings. The largest absolute Gasteiger partial charge is 0.545 e. The van der Waals surface area contributed by atoms with Gasteiger partial charge in [0.05, 0.1) is 36.7 Å². The third-order valence-electron chi connectivity index (χ3n) is 9.64. The van der Waals surface area contributed by atoms with E-state index in [2.05, 4.69) is 33.1 Å². The zero-order valence-corrected chi connectivity index (χ0v) is 39.2. The third kappa shape index (κ3) is 35.5. The molecule has 20 heteroatoms. The highest BCUT2D eigenvalue weighted by molar-refractivity contribution is 7.92. The van der Waals surface area contributed by atoms with Crippen LogP contribution >= 0.6 is 0 Å². The van der Waals surface area contributed by atoms with Crippen LogP contribution in [0.2, 0.25) is 0 Å². The van der Waals surface area contributed by atoms with Crippen molar-refractivity contribution in [3.05, 3.63) is 71.8 Å². The number of aliphatic carboxylic acids is 2. The number of hydrogen-bond donors (Lipinski definition) is 4. The summed E-state index contributed by atoms with van der Waals surface area (Å²) in [6.45, 7) is 9.73. The summed E-state index contributed by atoms with van der Waals surface area (Å²) in [5, 5.41) is 39.5. The Kier molecular flexibility index (Phi) is 32.5. The molecule has 0 heterocycles. The lowest BCUT2D eigenvalue weighted by Gasteiger charge is -2.21. The molecule has 0 saturated carbocycles. The van der Waals surface area contributed by atoms with Gasteiger partial charge in [0.15, 0.2) is 0 Å². The Morgan fingerprint density at radius 3 is 1.11 bits per heavy atom. The van der Waals surface area contributed by atoms with E-state index in [0.29, 0.717) is 49.2 Å². The second-order valence-corrected chi connectivity index (χ2v) is 18.8. The minimum Gasteiger partial charge on any atom is -0.545 e. The fourth-order valence-electron chi connectivity index (χ4n) is 6.29. The van der Waals surface area contributed by atoms with E-state index in [1.54, 1.807) is 48.5 Å². The van der Waals surface area contributed by atoms with E-state index in [1.807, 2.05) is 0 Å². The van der Waals surface area contributed by atoms with Crippen LogP contribution in [0, 0.1) is 0 Å². The third-order valence-corrected chi connectivity index (χ3v) is 10.9. The van der Waals surface area contributed by atoms with Gasteiger partial charge in [0, 0.05) is 24.2 Å². The molecule has 368 valence electrons. The van der Waals surface area contributed by atoms with Gasteiger partial charge in [-0.15, -0.1) is 0 Å². The second kappa shape index (κ2) is 34.5. The molecule has 0 aromatic heterocycles. The molecule has 0 radical (unpaired) electrons. The van der Waals surface area contributed by atoms with Crippen molar-refractivity contribution >= 4 is 43.4 Å².